The van der Waals surface area contributed by atoms with Crippen LogP contribution in [0.3, 0.4) is 0 Å². The number of rotatable bonds is 7. The van der Waals surface area contributed by atoms with Gasteiger partial charge in [-0.2, -0.15) is 5.10 Å². The Morgan fingerprint density at radius 1 is 1.18 bits per heavy atom. The maximum atomic E-state index is 15.5. The molecular weight excluding hydrogens is 511 g/mol. The zero-order valence-electron chi connectivity index (χ0n) is 21.6. The molecule has 0 saturated carbocycles. The van der Waals surface area contributed by atoms with E-state index in [9.17, 15) is 4.79 Å². The SMILES string of the molecule is C=CC(=O)N[C@H]1C=CC[C@H](c2ccc3ncnc(Nc4ccc(Oc5ccn6ncnc6c5)c(C)c4F)c3n2)C1. The molecule has 0 bridgehead atoms. The number of carbonyl (C=O) groups excluding carboxylic acids is 1. The second kappa shape index (κ2) is 10.5. The number of amides is 1. The predicted molar refractivity (Wildman–Crippen MR) is 148 cm³/mol. The maximum Gasteiger partial charge on any atom is 0.243 e. The van der Waals surface area contributed by atoms with Crippen LogP contribution in [0.25, 0.3) is 16.7 Å². The summed E-state index contributed by atoms with van der Waals surface area (Å²) in [4.78, 5) is 29.5. The van der Waals surface area contributed by atoms with Crippen molar-refractivity contribution in [1.29, 1.82) is 0 Å². The van der Waals surface area contributed by atoms with E-state index in [4.69, 9.17) is 9.72 Å². The van der Waals surface area contributed by atoms with E-state index in [1.165, 1.54) is 18.7 Å². The van der Waals surface area contributed by atoms with Crippen LogP contribution in [0.15, 0.2) is 80.1 Å². The van der Waals surface area contributed by atoms with E-state index in [1.54, 1.807) is 41.9 Å². The van der Waals surface area contributed by atoms with E-state index in [0.717, 1.165) is 12.1 Å². The summed E-state index contributed by atoms with van der Waals surface area (Å²) in [7, 11) is 0. The molecule has 1 amide bonds. The van der Waals surface area contributed by atoms with Crippen molar-refractivity contribution in [2.45, 2.75) is 31.7 Å². The van der Waals surface area contributed by atoms with Crippen molar-refractivity contribution < 1.29 is 13.9 Å². The molecule has 11 heteroatoms. The van der Waals surface area contributed by atoms with Crippen molar-refractivity contribution in [2.75, 3.05) is 5.32 Å². The average Bonchev–Trinajstić information content (AvgIpc) is 3.45. The van der Waals surface area contributed by atoms with E-state index in [2.05, 4.69) is 37.3 Å². The Hall–Kier alpha value is -5.19. The van der Waals surface area contributed by atoms with E-state index < -0.39 is 5.82 Å². The Morgan fingerprint density at radius 3 is 2.95 bits per heavy atom. The van der Waals surface area contributed by atoms with Crippen LogP contribution in [0.2, 0.25) is 0 Å². The monoisotopic (exact) mass is 536 g/mol. The highest BCUT2D eigenvalue weighted by molar-refractivity contribution is 5.88. The van der Waals surface area contributed by atoms with Gasteiger partial charge < -0.3 is 15.4 Å². The molecule has 1 aliphatic rings. The molecular formula is C29H25FN8O2. The molecule has 0 fully saturated rings. The standard InChI is InChI=1S/C29H25FN8O2/c1-3-26(39)35-19-6-4-5-18(13-19)21-7-8-23-28(36-21)29(33-15-31-23)37-22-9-10-24(17(2)27(22)30)40-20-11-12-38-25(14-20)32-16-34-38/h3-4,6-12,14-16,18-19H,1,5,13H2,2H3,(H,35,39)(H,31,33,37)/t18-,19-/m0/s1. The average molecular weight is 537 g/mol. The van der Waals surface area contributed by atoms with Crippen molar-refractivity contribution in [3.8, 4) is 11.5 Å². The Labute approximate surface area is 228 Å². The zero-order valence-corrected chi connectivity index (χ0v) is 21.6. The molecule has 2 N–H and O–H groups in total. The smallest absolute Gasteiger partial charge is 0.243 e. The lowest BCUT2D eigenvalue weighted by Crippen LogP contribution is -2.34. The molecule has 4 aromatic heterocycles. The number of nitrogens with one attached hydrogen (secondary N) is 2. The summed E-state index contributed by atoms with van der Waals surface area (Å²) in [5.74, 6) is 0.687. The van der Waals surface area contributed by atoms with Crippen LogP contribution in [-0.4, -0.2) is 41.5 Å². The summed E-state index contributed by atoms with van der Waals surface area (Å²) in [6, 6.07) is 10.5. The number of benzene rings is 1. The largest absolute Gasteiger partial charge is 0.457 e. The second-order valence-electron chi connectivity index (χ2n) is 9.44. The second-order valence-corrected chi connectivity index (χ2v) is 9.44. The summed E-state index contributed by atoms with van der Waals surface area (Å²) in [6.45, 7) is 5.17. The van der Waals surface area contributed by atoms with E-state index in [-0.39, 0.29) is 23.6 Å². The number of hydrogen-bond acceptors (Lipinski definition) is 8. The van der Waals surface area contributed by atoms with Crippen molar-refractivity contribution in [3.63, 3.8) is 0 Å². The van der Waals surface area contributed by atoms with Gasteiger partial charge in [-0.25, -0.2) is 28.8 Å². The molecule has 1 aromatic carbocycles. The van der Waals surface area contributed by atoms with Crippen molar-refractivity contribution in [2.24, 2.45) is 0 Å². The van der Waals surface area contributed by atoms with Crippen LogP contribution in [0, 0.1) is 12.7 Å². The lowest BCUT2D eigenvalue weighted by Gasteiger charge is -2.25. The van der Waals surface area contributed by atoms with Gasteiger partial charge in [-0.3, -0.25) is 4.79 Å². The number of ether oxygens (including phenoxy) is 1. The number of hydrogen-bond donors (Lipinski definition) is 2. The van der Waals surface area contributed by atoms with Gasteiger partial charge in [0.25, 0.3) is 0 Å². The van der Waals surface area contributed by atoms with E-state index >= 15 is 4.39 Å². The molecule has 5 aromatic rings. The molecule has 2 atom stereocenters. The van der Waals surface area contributed by atoms with Gasteiger partial charge in [-0.05, 0) is 56.2 Å². The summed E-state index contributed by atoms with van der Waals surface area (Å²) in [5.41, 5.74) is 3.19. The molecule has 4 heterocycles. The van der Waals surface area contributed by atoms with E-state index in [1.807, 2.05) is 24.3 Å². The molecule has 40 heavy (non-hydrogen) atoms. The topological polar surface area (TPSA) is 119 Å². The van der Waals surface area contributed by atoms with Crippen LogP contribution in [0.4, 0.5) is 15.9 Å². The summed E-state index contributed by atoms with van der Waals surface area (Å²) in [6.07, 6.45) is 11.4. The van der Waals surface area contributed by atoms with E-state index in [0.29, 0.717) is 46.0 Å². The van der Waals surface area contributed by atoms with Gasteiger partial charge in [0.2, 0.25) is 5.91 Å². The van der Waals surface area contributed by atoms with Crippen LogP contribution in [0.1, 0.15) is 30.0 Å². The van der Waals surface area contributed by atoms with Gasteiger partial charge in [0, 0.05) is 35.5 Å². The first-order valence-corrected chi connectivity index (χ1v) is 12.7. The minimum Gasteiger partial charge on any atom is -0.457 e. The first-order valence-electron chi connectivity index (χ1n) is 12.7. The van der Waals surface area contributed by atoms with Crippen molar-refractivity contribution >= 4 is 34.1 Å². The molecule has 0 unspecified atom stereocenters. The molecule has 6 rings (SSSR count). The van der Waals surface area contributed by atoms with Crippen LogP contribution in [-0.2, 0) is 4.79 Å². The van der Waals surface area contributed by atoms with Gasteiger partial charge in [-0.1, -0.05) is 18.7 Å². The highest BCUT2D eigenvalue weighted by atomic mass is 19.1. The molecule has 10 nitrogen and oxygen atoms in total. The molecule has 0 radical (unpaired) electrons. The maximum absolute atomic E-state index is 15.5. The molecule has 0 spiro atoms. The fourth-order valence-electron chi connectivity index (χ4n) is 4.74. The third kappa shape index (κ3) is 4.96. The summed E-state index contributed by atoms with van der Waals surface area (Å²) < 4.78 is 23.1. The number of allylic oxidation sites excluding steroid dienone is 1. The Morgan fingerprint density at radius 2 is 2.08 bits per heavy atom. The first kappa shape index (κ1) is 25.1. The van der Waals surface area contributed by atoms with Gasteiger partial charge in [0.1, 0.15) is 29.7 Å². The third-order valence-electron chi connectivity index (χ3n) is 6.83. The number of anilines is 2. The molecule has 200 valence electrons. The number of halogens is 1. The van der Waals surface area contributed by atoms with Crippen LogP contribution >= 0.6 is 0 Å². The fraction of sp³-hybridized carbons (Fsp3) is 0.172. The van der Waals surface area contributed by atoms with Crippen molar-refractivity contribution in [3.05, 3.63) is 97.1 Å². The lowest BCUT2D eigenvalue weighted by atomic mass is 9.88. The Kier molecular flexibility index (Phi) is 6.61. The number of pyridine rings is 2. The quantitative estimate of drug-likeness (QED) is 0.216. The Bertz CT molecular complexity index is 1780. The zero-order chi connectivity index (χ0) is 27.6. The normalized spacial score (nSPS) is 16.6. The summed E-state index contributed by atoms with van der Waals surface area (Å²) in [5, 5.41) is 10.1. The highest BCUT2D eigenvalue weighted by Crippen LogP contribution is 2.34. The lowest BCUT2D eigenvalue weighted by molar-refractivity contribution is -0.116. The van der Waals surface area contributed by atoms with Gasteiger partial charge in [0.15, 0.2) is 17.3 Å². The van der Waals surface area contributed by atoms with Gasteiger partial charge >= 0.3 is 0 Å². The number of nitrogens with zero attached hydrogens (tertiary/aromatic N) is 6. The summed E-state index contributed by atoms with van der Waals surface area (Å²) >= 11 is 0. The third-order valence-corrected chi connectivity index (χ3v) is 6.83. The Balaban J connectivity index is 1.25. The minimum absolute atomic E-state index is 0.0879. The van der Waals surface area contributed by atoms with Gasteiger partial charge in [-0.15, -0.1) is 0 Å². The highest BCUT2D eigenvalue weighted by Gasteiger charge is 2.22. The van der Waals surface area contributed by atoms with Crippen LogP contribution < -0.4 is 15.4 Å². The molecule has 0 saturated heterocycles. The van der Waals surface area contributed by atoms with Gasteiger partial charge in [0.05, 0.1) is 11.2 Å². The van der Waals surface area contributed by atoms with Crippen molar-refractivity contribution in [1.82, 2.24) is 34.9 Å². The number of aromatic nitrogens is 6. The fourth-order valence-corrected chi connectivity index (χ4v) is 4.74. The number of carbonyl (C=O) groups is 1. The molecule has 1 aliphatic carbocycles. The predicted octanol–water partition coefficient (Wildman–Crippen LogP) is 5.16. The number of fused-ring (bicyclic) bond motifs is 2. The first-order chi connectivity index (χ1) is 19.5. The molecule has 0 aliphatic heterocycles. The van der Waals surface area contributed by atoms with Crippen LogP contribution in [0.5, 0.6) is 11.5 Å². The minimum atomic E-state index is -0.470.